The molecule has 1 aliphatic rings. The molecular weight excluding hydrogens is 681 g/mol. The summed E-state index contributed by atoms with van der Waals surface area (Å²) in [6.07, 6.45) is 0. The molecule has 0 amide bonds. The maximum absolute atomic E-state index is 9.56. The first-order valence-corrected chi connectivity index (χ1v) is 18.7. The predicted molar refractivity (Wildman–Crippen MR) is 229 cm³/mol. The first-order valence-electron chi connectivity index (χ1n) is 18.7. The minimum Gasteiger partial charge on any atom is -0.208 e. The molecule has 9 aromatic carbocycles. The lowest BCUT2D eigenvalue weighted by atomic mass is 9.86. The molecule has 258 valence electrons. The van der Waals surface area contributed by atoms with Crippen LogP contribution in [0, 0.1) is 11.3 Å². The lowest BCUT2D eigenvalue weighted by Gasteiger charge is -2.17. The zero-order chi connectivity index (χ0) is 37.2. The molecule has 4 heteroatoms. The molecule has 56 heavy (non-hydrogen) atoms. The highest BCUT2D eigenvalue weighted by Gasteiger charge is 2.25. The second-order valence-corrected chi connectivity index (χ2v) is 14.3. The molecule has 0 N–H and O–H groups in total. The summed E-state index contributed by atoms with van der Waals surface area (Å²) in [6, 6.07) is 65.9. The fourth-order valence-electron chi connectivity index (χ4n) is 8.50. The highest BCUT2D eigenvalue weighted by molar-refractivity contribution is 6.24. The lowest BCUT2D eigenvalue weighted by molar-refractivity contribution is 1.08. The van der Waals surface area contributed by atoms with Gasteiger partial charge in [0.15, 0.2) is 17.5 Å². The molecule has 0 unspecified atom stereocenters. The van der Waals surface area contributed by atoms with Gasteiger partial charge in [-0.1, -0.05) is 158 Å². The number of rotatable bonds is 5. The van der Waals surface area contributed by atoms with E-state index in [1.54, 1.807) is 0 Å². The predicted octanol–water partition coefficient (Wildman–Crippen LogP) is 13.2. The van der Waals surface area contributed by atoms with Crippen molar-refractivity contribution in [3.8, 4) is 84.7 Å². The van der Waals surface area contributed by atoms with Gasteiger partial charge in [-0.05, 0) is 101 Å². The van der Waals surface area contributed by atoms with Gasteiger partial charge in [-0.3, -0.25) is 0 Å². The van der Waals surface area contributed by atoms with Crippen LogP contribution in [0.3, 0.4) is 0 Å². The standard InChI is InChI=1S/C52H30N4/c53-31-32-21-23-33(24-22-32)38-25-26-42-39-17-7-8-18-40(39)43-27-28-44(48(38)49(42)43)41-19-9-15-36-30-47-37(29-46(36)41)16-10-20-45(47)52-55-50(34-11-3-1-4-12-34)54-51(56-52)35-13-5-2-6-14-35/h1-30H. The van der Waals surface area contributed by atoms with E-state index in [0.717, 1.165) is 44.0 Å². The molecule has 0 saturated carbocycles. The Morgan fingerprint density at radius 3 is 1.34 bits per heavy atom. The Bertz CT molecular complexity index is 3150. The van der Waals surface area contributed by atoms with E-state index < -0.39 is 0 Å². The quantitative estimate of drug-likeness (QED) is 0.167. The molecule has 0 saturated heterocycles. The van der Waals surface area contributed by atoms with Crippen molar-refractivity contribution in [1.29, 1.82) is 5.26 Å². The first-order chi connectivity index (χ1) is 27.7. The van der Waals surface area contributed by atoms with Gasteiger partial charge in [-0.2, -0.15) is 5.26 Å². The summed E-state index contributed by atoms with van der Waals surface area (Å²) in [5.74, 6) is 1.92. The van der Waals surface area contributed by atoms with Gasteiger partial charge in [-0.25, -0.2) is 15.0 Å². The Labute approximate surface area is 323 Å². The summed E-state index contributed by atoms with van der Waals surface area (Å²) in [7, 11) is 0. The third-order valence-electron chi connectivity index (χ3n) is 11.1. The fraction of sp³-hybridized carbons (Fsp3) is 0. The zero-order valence-corrected chi connectivity index (χ0v) is 30.1. The van der Waals surface area contributed by atoms with Crippen molar-refractivity contribution >= 4 is 32.3 Å². The van der Waals surface area contributed by atoms with Crippen molar-refractivity contribution in [3.63, 3.8) is 0 Å². The molecule has 1 aromatic heterocycles. The molecule has 4 nitrogen and oxygen atoms in total. The summed E-state index contributed by atoms with van der Waals surface area (Å²) in [5.41, 5.74) is 13.1. The van der Waals surface area contributed by atoms with Gasteiger partial charge in [0.25, 0.3) is 0 Å². The van der Waals surface area contributed by atoms with Gasteiger partial charge in [-0.15, -0.1) is 0 Å². The third kappa shape index (κ3) is 5.03. The van der Waals surface area contributed by atoms with Crippen LogP contribution in [-0.2, 0) is 0 Å². The van der Waals surface area contributed by atoms with Gasteiger partial charge in [0.2, 0.25) is 0 Å². The van der Waals surface area contributed by atoms with Crippen LogP contribution in [-0.4, -0.2) is 15.0 Å². The highest BCUT2D eigenvalue weighted by Crippen LogP contribution is 2.52. The summed E-state index contributed by atoms with van der Waals surface area (Å²) in [4.78, 5) is 15.1. The normalized spacial score (nSPS) is 11.6. The van der Waals surface area contributed by atoms with Crippen LogP contribution in [0.1, 0.15) is 5.56 Å². The second-order valence-electron chi connectivity index (χ2n) is 14.3. The van der Waals surface area contributed by atoms with E-state index in [1.807, 2.05) is 72.8 Å². The number of hydrogen-bond donors (Lipinski definition) is 0. The molecule has 0 radical (unpaired) electrons. The number of aromatic nitrogens is 3. The van der Waals surface area contributed by atoms with Crippen molar-refractivity contribution in [2.24, 2.45) is 0 Å². The first kappa shape index (κ1) is 31.8. The number of nitrogens with zero attached hydrogens (tertiary/aromatic N) is 4. The van der Waals surface area contributed by atoms with Crippen LogP contribution in [0.15, 0.2) is 182 Å². The maximum Gasteiger partial charge on any atom is 0.164 e. The maximum atomic E-state index is 9.56. The molecule has 0 spiro atoms. The highest BCUT2D eigenvalue weighted by atomic mass is 15.0. The second kappa shape index (κ2) is 12.7. The molecule has 10 aromatic rings. The van der Waals surface area contributed by atoms with Gasteiger partial charge in [0.05, 0.1) is 11.6 Å². The van der Waals surface area contributed by atoms with E-state index in [-0.39, 0.29) is 0 Å². The van der Waals surface area contributed by atoms with Crippen molar-refractivity contribution in [3.05, 3.63) is 188 Å². The van der Waals surface area contributed by atoms with Crippen molar-refractivity contribution < 1.29 is 0 Å². The summed E-state index contributed by atoms with van der Waals surface area (Å²) in [6.45, 7) is 0. The van der Waals surface area contributed by atoms with Crippen molar-refractivity contribution in [2.45, 2.75) is 0 Å². The number of nitriles is 1. The number of hydrogen-bond acceptors (Lipinski definition) is 4. The third-order valence-corrected chi connectivity index (χ3v) is 11.1. The van der Waals surface area contributed by atoms with Crippen LogP contribution >= 0.6 is 0 Å². The Morgan fingerprint density at radius 1 is 0.321 bits per heavy atom. The summed E-state index contributed by atoms with van der Waals surface area (Å²) < 4.78 is 0. The van der Waals surface area contributed by atoms with Crippen molar-refractivity contribution in [1.82, 2.24) is 15.0 Å². The van der Waals surface area contributed by atoms with Gasteiger partial charge >= 0.3 is 0 Å². The molecule has 1 aliphatic carbocycles. The Morgan fingerprint density at radius 2 is 0.768 bits per heavy atom. The molecule has 1 heterocycles. The van der Waals surface area contributed by atoms with E-state index in [1.165, 1.54) is 49.5 Å². The van der Waals surface area contributed by atoms with E-state index >= 15 is 0 Å². The Hall–Kier alpha value is -7.74. The molecule has 0 aliphatic heterocycles. The van der Waals surface area contributed by atoms with Crippen molar-refractivity contribution in [2.75, 3.05) is 0 Å². The minimum absolute atomic E-state index is 0.637. The summed E-state index contributed by atoms with van der Waals surface area (Å²) in [5, 5.41) is 16.5. The monoisotopic (exact) mass is 710 g/mol. The number of benzene rings is 9. The van der Waals surface area contributed by atoms with Crippen LogP contribution in [0.5, 0.6) is 0 Å². The SMILES string of the molecule is N#Cc1ccc(-c2ccc3c4c(ccc(-c5cccc6cc7c(-c8nc(-c9ccccc9)nc(-c9ccccc9)n8)cccc7cc56)c24)-c2ccccc2-3)cc1. The van der Waals surface area contributed by atoms with Gasteiger partial charge in [0, 0.05) is 16.7 Å². The molecule has 0 bridgehead atoms. The zero-order valence-electron chi connectivity index (χ0n) is 30.1. The summed E-state index contributed by atoms with van der Waals surface area (Å²) >= 11 is 0. The van der Waals surface area contributed by atoms with Gasteiger partial charge in [0.1, 0.15) is 0 Å². The average molecular weight is 711 g/mol. The van der Waals surface area contributed by atoms with E-state index in [4.69, 9.17) is 15.0 Å². The van der Waals surface area contributed by atoms with E-state index in [2.05, 4.69) is 115 Å². The minimum atomic E-state index is 0.637. The lowest BCUT2D eigenvalue weighted by Crippen LogP contribution is -2.00. The van der Waals surface area contributed by atoms with Crippen LogP contribution < -0.4 is 0 Å². The van der Waals surface area contributed by atoms with Crippen LogP contribution in [0.25, 0.3) is 111 Å². The van der Waals surface area contributed by atoms with Crippen LogP contribution in [0.2, 0.25) is 0 Å². The molecule has 0 atom stereocenters. The molecular formula is C52H30N4. The van der Waals surface area contributed by atoms with E-state index in [0.29, 0.717) is 23.0 Å². The average Bonchev–Trinajstić information content (AvgIpc) is 3.60. The van der Waals surface area contributed by atoms with Gasteiger partial charge < -0.3 is 0 Å². The Balaban J connectivity index is 1.14. The van der Waals surface area contributed by atoms with Crippen LogP contribution in [0.4, 0.5) is 0 Å². The topological polar surface area (TPSA) is 62.5 Å². The number of fused-ring (bicyclic) bond motifs is 5. The smallest absolute Gasteiger partial charge is 0.164 e. The largest absolute Gasteiger partial charge is 0.208 e. The molecule has 0 fully saturated rings. The van der Waals surface area contributed by atoms with E-state index in [9.17, 15) is 5.26 Å². The Kier molecular flexibility index (Phi) is 7.20. The fourth-order valence-corrected chi connectivity index (χ4v) is 8.50. The molecule has 11 rings (SSSR count).